The second kappa shape index (κ2) is 10.4. The van der Waals surface area contributed by atoms with Crippen molar-refractivity contribution in [3.63, 3.8) is 0 Å². The van der Waals surface area contributed by atoms with E-state index >= 15 is 0 Å². The first-order valence-corrected chi connectivity index (χ1v) is 10.9. The molecule has 1 N–H and O–H groups in total. The van der Waals surface area contributed by atoms with Gasteiger partial charge in [-0.15, -0.1) is 0 Å². The molecule has 0 spiro atoms. The highest BCUT2D eigenvalue weighted by Crippen LogP contribution is 2.27. The minimum absolute atomic E-state index is 0.345. The summed E-state index contributed by atoms with van der Waals surface area (Å²) in [6.07, 6.45) is 1.49. The largest absolute Gasteiger partial charge is 0.493 e. The van der Waals surface area contributed by atoms with Gasteiger partial charge in [0.2, 0.25) is 0 Å². The third kappa shape index (κ3) is 5.13. The molecule has 170 valence electrons. The number of carbonyl (C=O) groups is 2. The van der Waals surface area contributed by atoms with Crippen molar-refractivity contribution in [2.45, 2.75) is 13.8 Å². The summed E-state index contributed by atoms with van der Waals surface area (Å²) < 4.78 is 11.2. The number of ether oxygens (including phenoxy) is 2. The third-order valence-electron chi connectivity index (χ3n) is 5.18. The SMILES string of the molecule is CCOc1ccccc1C(=O)N/N=C\c1c(OC(=O)c2cccc(C)c2)ccc2ccccc12. The van der Waals surface area contributed by atoms with E-state index in [9.17, 15) is 9.59 Å². The molecule has 0 heterocycles. The first-order chi connectivity index (χ1) is 16.6. The molecule has 4 aromatic carbocycles. The molecule has 0 bridgehead atoms. The Morgan fingerprint density at radius 2 is 1.71 bits per heavy atom. The van der Waals surface area contributed by atoms with Gasteiger partial charge >= 0.3 is 5.97 Å². The van der Waals surface area contributed by atoms with Crippen molar-refractivity contribution < 1.29 is 19.1 Å². The van der Waals surface area contributed by atoms with E-state index in [1.807, 2.05) is 56.3 Å². The van der Waals surface area contributed by atoms with Crippen LogP contribution in [0.15, 0.2) is 90.0 Å². The van der Waals surface area contributed by atoms with E-state index in [1.165, 1.54) is 6.21 Å². The number of hydrogen-bond acceptors (Lipinski definition) is 5. The van der Waals surface area contributed by atoms with E-state index in [0.717, 1.165) is 16.3 Å². The smallest absolute Gasteiger partial charge is 0.343 e. The summed E-state index contributed by atoms with van der Waals surface area (Å²) in [4.78, 5) is 25.5. The van der Waals surface area contributed by atoms with E-state index < -0.39 is 11.9 Å². The zero-order chi connectivity index (χ0) is 23.9. The van der Waals surface area contributed by atoms with E-state index in [2.05, 4.69) is 10.5 Å². The van der Waals surface area contributed by atoms with Crippen molar-refractivity contribution >= 4 is 28.9 Å². The van der Waals surface area contributed by atoms with E-state index in [4.69, 9.17) is 9.47 Å². The van der Waals surface area contributed by atoms with E-state index in [-0.39, 0.29) is 0 Å². The van der Waals surface area contributed by atoms with E-state index in [1.54, 1.807) is 42.5 Å². The van der Waals surface area contributed by atoms with Crippen LogP contribution in [0.4, 0.5) is 0 Å². The van der Waals surface area contributed by atoms with Crippen LogP contribution in [-0.4, -0.2) is 24.7 Å². The number of esters is 1. The number of hydrogen-bond donors (Lipinski definition) is 1. The number of amides is 1. The summed E-state index contributed by atoms with van der Waals surface area (Å²) in [6.45, 7) is 4.21. The van der Waals surface area contributed by atoms with Gasteiger partial charge < -0.3 is 9.47 Å². The summed E-state index contributed by atoms with van der Waals surface area (Å²) in [7, 11) is 0. The number of carbonyl (C=O) groups excluding carboxylic acids is 2. The van der Waals surface area contributed by atoms with Crippen LogP contribution in [0, 0.1) is 6.92 Å². The predicted octanol–water partition coefficient (Wildman–Crippen LogP) is 5.53. The van der Waals surface area contributed by atoms with Crippen LogP contribution in [0.2, 0.25) is 0 Å². The summed E-state index contributed by atoms with van der Waals surface area (Å²) in [5.74, 6) is -0.0456. The molecule has 6 nitrogen and oxygen atoms in total. The molecule has 1 amide bonds. The Hall–Kier alpha value is -4.45. The Kier molecular flexibility index (Phi) is 6.98. The number of hydrazone groups is 1. The first kappa shape index (κ1) is 22.7. The van der Waals surface area contributed by atoms with Gasteiger partial charge in [0.05, 0.1) is 23.9 Å². The standard InChI is InChI=1S/C28H24N2O4/c1-3-33-25-14-7-6-13-23(25)27(31)30-29-18-24-22-12-5-4-10-20(22)15-16-26(24)34-28(32)21-11-8-9-19(2)17-21/h4-18H,3H2,1-2H3,(H,30,31)/b29-18-. The predicted molar refractivity (Wildman–Crippen MR) is 133 cm³/mol. The molecule has 0 aromatic heterocycles. The fourth-order valence-corrected chi connectivity index (χ4v) is 3.58. The van der Waals surface area contributed by atoms with Crippen molar-refractivity contribution in [3.05, 3.63) is 107 Å². The van der Waals surface area contributed by atoms with Gasteiger partial charge in [-0.25, -0.2) is 10.2 Å². The van der Waals surface area contributed by atoms with Crippen molar-refractivity contribution in [2.24, 2.45) is 5.10 Å². The second-order valence-electron chi connectivity index (χ2n) is 7.59. The summed E-state index contributed by atoms with van der Waals surface area (Å²) in [5, 5.41) is 5.94. The van der Waals surface area contributed by atoms with Gasteiger partial charge in [-0.1, -0.05) is 60.2 Å². The average Bonchev–Trinajstić information content (AvgIpc) is 2.85. The lowest BCUT2D eigenvalue weighted by molar-refractivity contribution is 0.0734. The van der Waals surface area contributed by atoms with Gasteiger partial charge in [-0.2, -0.15) is 5.10 Å². The molecule has 0 radical (unpaired) electrons. The van der Waals surface area contributed by atoms with Crippen LogP contribution in [0.3, 0.4) is 0 Å². The van der Waals surface area contributed by atoms with Crippen molar-refractivity contribution in [3.8, 4) is 11.5 Å². The number of nitrogens with one attached hydrogen (secondary N) is 1. The molecule has 6 heteroatoms. The quantitative estimate of drug-likeness (QED) is 0.173. The molecule has 34 heavy (non-hydrogen) atoms. The Balaban J connectivity index is 1.62. The van der Waals surface area contributed by atoms with Crippen molar-refractivity contribution in [2.75, 3.05) is 6.61 Å². The van der Waals surface area contributed by atoms with Crippen LogP contribution in [0.1, 0.15) is 38.8 Å². The maximum absolute atomic E-state index is 12.8. The molecule has 0 saturated carbocycles. The highest BCUT2D eigenvalue weighted by molar-refractivity contribution is 6.04. The molecular formula is C28H24N2O4. The molecule has 0 aliphatic carbocycles. The zero-order valence-electron chi connectivity index (χ0n) is 18.9. The van der Waals surface area contributed by atoms with Crippen LogP contribution in [0.25, 0.3) is 10.8 Å². The molecule has 4 rings (SSSR count). The molecule has 0 unspecified atom stereocenters. The molecule has 4 aromatic rings. The Morgan fingerprint density at radius 3 is 2.53 bits per heavy atom. The van der Waals surface area contributed by atoms with Crippen LogP contribution in [-0.2, 0) is 0 Å². The minimum Gasteiger partial charge on any atom is -0.493 e. The molecule has 0 aliphatic heterocycles. The van der Waals surface area contributed by atoms with Gasteiger partial charge in [-0.3, -0.25) is 4.79 Å². The van der Waals surface area contributed by atoms with E-state index in [0.29, 0.717) is 34.8 Å². The molecule has 0 atom stereocenters. The second-order valence-corrected chi connectivity index (χ2v) is 7.59. The highest BCUT2D eigenvalue weighted by atomic mass is 16.5. The summed E-state index contributed by atoms with van der Waals surface area (Å²) >= 11 is 0. The zero-order valence-corrected chi connectivity index (χ0v) is 18.9. The lowest BCUT2D eigenvalue weighted by Gasteiger charge is -2.11. The maximum Gasteiger partial charge on any atom is 0.343 e. The lowest BCUT2D eigenvalue weighted by atomic mass is 10.0. The normalized spacial score (nSPS) is 10.9. The number of para-hydroxylation sites is 1. The van der Waals surface area contributed by atoms with Gasteiger partial charge in [0, 0.05) is 5.56 Å². The van der Waals surface area contributed by atoms with Crippen LogP contribution < -0.4 is 14.9 Å². The average molecular weight is 453 g/mol. The Morgan fingerprint density at radius 1 is 0.912 bits per heavy atom. The maximum atomic E-state index is 12.8. The molecule has 0 saturated heterocycles. The van der Waals surface area contributed by atoms with Gasteiger partial charge in [0.25, 0.3) is 5.91 Å². The number of rotatable bonds is 7. The minimum atomic E-state index is -0.469. The fraction of sp³-hybridized carbons (Fsp3) is 0.107. The van der Waals surface area contributed by atoms with Crippen molar-refractivity contribution in [1.29, 1.82) is 0 Å². The first-order valence-electron chi connectivity index (χ1n) is 10.9. The van der Waals surface area contributed by atoms with Gasteiger partial charge in [-0.05, 0) is 55.0 Å². The van der Waals surface area contributed by atoms with Crippen LogP contribution >= 0.6 is 0 Å². The lowest BCUT2D eigenvalue weighted by Crippen LogP contribution is -2.19. The fourth-order valence-electron chi connectivity index (χ4n) is 3.58. The number of nitrogens with zero attached hydrogens (tertiary/aromatic N) is 1. The Labute approximate surface area is 197 Å². The topological polar surface area (TPSA) is 77.0 Å². The monoisotopic (exact) mass is 452 g/mol. The number of fused-ring (bicyclic) bond motifs is 1. The number of aryl methyl sites for hydroxylation is 1. The Bertz CT molecular complexity index is 1380. The van der Waals surface area contributed by atoms with Gasteiger partial charge in [0.15, 0.2) is 0 Å². The number of benzene rings is 4. The highest BCUT2D eigenvalue weighted by Gasteiger charge is 2.15. The summed E-state index contributed by atoms with van der Waals surface area (Å²) in [5.41, 5.74) is 4.92. The van der Waals surface area contributed by atoms with Gasteiger partial charge in [0.1, 0.15) is 11.5 Å². The molecule has 0 fully saturated rings. The summed E-state index contributed by atoms with van der Waals surface area (Å²) in [6, 6.07) is 25.4. The molecule has 0 aliphatic rings. The van der Waals surface area contributed by atoms with Crippen molar-refractivity contribution in [1.82, 2.24) is 5.43 Å². The third-order valence-corrected chi connectivity index (χ3v) is 5.18. The van der Waals surface area contributed by atoms with Crippen LogP contribution in [0.5, 0.6) is 11.5 Å². The molecular weight excluding hydrogens is 428 g/mol.